The van der Waals surface area contributed by atoms with E-state index in [4.69, 9.17) is 9.15 Å². The number of hydrogen-bond acceptors (Lipinski definition) is 9. The predicted octanol–water partition coefficient (Wildman–Crippen LogP) is 4.30. The lowest BCUT2D eigenvalue weighted by atomic mass is 9.57. The molecule has 1 aromatic carbocycles. The number of nitrogens with zero attached hydrogens (tertiary/aromatic N) is 4. The Labute approximate surface area is 211 Å². The summed E-state index contributed by atoms with van der Waals surface area (Å²) < 4.78 is 36.8. The van der Waals surface area contributed by atoms with Gasteiger partial charge in [0.25, 0.3) is 0 Å². The van der Waals surface area contributed by atoms with Gasteiger partial charge >= 0.3 is 23.8 Å². The molecule has 1 saturated heterocycles. The third-order valence-corrected chi connectivity index (χ3v) is 6.92. The van der Waals surface area contributed by atoms with Crippen molar-refractivity contribution in [2.24, 2.45) is 11.3 Å². The Bertz CT molecular complexity index is 1280. The summed E-state index contributed by atoms with van der Waals surface area (Å²) in [7, 11) is 0. The molecule has 0 atom stereocenters. The molecule has 12 heteroatoms. The highest BCUT2D eigenvalue weighted by atomic mass is 19.2. The number of carbonyl (C=O) groups is 2. The Morgan fingerprint density at radius 1 is 1.11 bits per heavy atom. The highest BCUT2D eigenvalue weighted by Crippen LogP contribution is 2.53. The fourth-order valence-corrected chi connectivity index (χ4v) is 4.93. The summed E-state index contributed by atoms with van der Waals surface area (Å²) in [5.74, 6) is -2.20. The predicted molar refractivity (Wildman–Crippen MR) is 129 cm³/mol. The first kappa shape index (κ1) is 24.6. The smallest absolute Gasteiger partial charge is 0.320 e. The molecule has 1 aliphatic heterocycles. The maximum absolute atomic E-state index is 13.4. The number of piperidine rings is 1. The van der Waals surface area contributed by atoms with Crippen LogP contribution in [0.1, 0.15) is 43.3 Å². The molecule has 37 heavy (non-hydrogen) atoms. The van der Waals surface area contributed by atoms with Crippen molar-refractivity contribution in [1.82, 2.24) is 15.2 Å². The number of halogens is 2. The van der Waals surface area contributed by atoms with Gasteiger partial charge in [0.15, 0.2) is 11.6 Å². The highest BCUT2D eigenvalue weighted by Gasteiger charge is 2.49. The number of nitrogens with one attached hydrogen (secondary N) is 2. The molecule has 3 heterocycles. The van der Waals surface area contributed by atoms with Crippen LogP contribution >= 0.6 is 0 Å². The molecule has 0 radical (unpaired) electrons. The molecule has 0 bridgehead atoms. The number of esters is 1. The molecule has 1 aliphatic carbocycles. The number of amides is 1. The molecule has 1 saturated carbocycles. The monoisotopic (exact) mass is 512 g/mol. The van der Waals surface area contributed by atoms with Crippen LogP contribution in [0.3, 0.4) is 0 Å². The van der Waals surface area contributed by atoms with Gasteiger partial charge in [-0.25, -0.2) is 13.8 Å². The van der Waals surface area contributed by atoms with Crippen molar-refractivity contribution in [3.05, 3.63) is 54.1 Å². The Morgan fingerprint density at radius 2 is 1.86 bits per heavy atom. The van der Waals surface area contributed by atoms with E-state index in [1.807, 2.05) is 13.0 Å². The van der Waals surface area contributed by atoms with E-state index in [9.17, 15) is 18.4 Å². The number of anilines is 4. The number of ether oxygens (including phenoxy) is 1. The third-order valence-electron chi connectivity index (χ3n) is 6.92. The minimum absolute atomic E-state index is 0.0316. The van der Waals surface area contributed by atoms with E-state index in [0.29, 0.717) is 12.3 Å². The zero-order chi connectivity index (χ0) is 26.0. The SMILES string of the molecule is CCOC(=O)C1CC2(CCN(c3ccc(NC(=O)c4nnc(Nc5ccc(F)c(F)c5)o4)cn3)CC2)C1. The first-order valence-electron chi connectivity index (χ1n) is 12.1. The van der Waals surface area contributed by atoms with E-state index < -0.39 is 17.5 Å². The zero-order valence-corrected chi connectivity index (χ0v) is 20.2. The number of rotatable bonds is 7. The summed E-state index contributed by atoms with van der Waals surface area (Å²) in [6.07, 6.45) is 5.34. The third kappa shape index (κ3) is 5.37. The van der Waals surface area contributed by atoms with Crippen molar-refractivity contribution >= 4 is 35.1 Å². The summed E-state index contributed by atoms with van der Waals surface area (Å²) in [5, 5.41) is 12.6. The second-order valence-electron chi connectivity index (χ2n) is 9.37. The van der Waals surface area contributed by atoms with Gasteiger partial charge in [-0.2, -0.15) is 0 Å². The van der Waals surface area contributed by atoms with Crippen molar-refractivity contribution in [1.29, 1.82) is 0 Å². The van der Waals surface area contributed by atoms with Gasteiger partial charge in [0.2, 0.25) is 0 Å². The van der Waals surface area contributed by atoms with E-state index in [-0.39, 0.29) is 34.9 Å². The van der Waals surface area contributed by atoms with Crippen molar-refractivity contribution < 1.29 is 27.5 Å². The lowest BCUT2D eigenvalue weighted by Crippen LogP contribution is -2.49. The fourth-order valence-electron chi connectivity index (χ4n) is 4.93. The lowest BCUT2D eigenvalue weighted by Gasteiger charge is -2.51. The maximum atomic E-state index is 13.4. The first-order chi connectivity index (χ1) is 17.8. The van der Waals surface area contributed by atoms with Crippen molar-refractivity contribution in [3.8, 4) is 0 Å². The second-order valence-corrected chi connectivity index (χ2v) is 9.37. The van der Waals surface area contributed by atoms with Gasteiger partial charge in [-0.15, -0.1) is 5.10 Å². The van der Waals surface area contributed by atoms with Crippen LogP contribution in [0.4, 0.5) is 32.0 Å². The van der Waals surface area contributed by atoms with Crippen LogP contribution in [-0.4, -0.2) is 46.8 Å². The van der Waals surface area contributed by atoms with Gasteiger partial charge in [0, 0.05) is 24.8 Å². The molecule has 1 spiro atoms. The summed E-state index contributed by atoms with van der Waals surface area (Å²) in [6.45, 7) is 3.95. The molecule has 3 aromatic rings. The van der Waals surface area contributed by atoms with E-state index in [1.165, 1.54) is 6.07 Å². The molecule has 194 valence electrons. The summed E-state index contributed by atoms with van der Waals surface area (Å²) in [5.41, 5.74) is 0.866. The standard InChI is InChI=1S/C25H26F2N6O4/c1-2-36-23(35)15-12-25(13-15)7-9-33(10-8-25)20-6-4-17(14-28-20)29-21(34)22-31-32-24(37-22)30-16-3-5-18(26)19(27)11-16/h3-6,11,14-15H,2,7-10,12-13H2,1H3,(H,29,34)(H,30,32). The number of hydrogen-bond donors (Lipinski definition) is 2. The average Bonchev–Trinajstić information content (AvgIpc) is 3.34. The number of aromatic nitrogens is 3. The Morgan fingerprint density at radius 3 is 2.54 bits per heavy atom. The zero-order valence-electron chi connectivity index (χ0n) is 20.2. The van der Waals surface area contributed by atoms with Gasteiger partial charge in [-0.05, 0) is 62.3 Å². The second kappa shape index (κ2) is 10.1. The summed E-state index contributed by atoms with van der Waals surface area (Å²) >= 11 is 0. The number of pyridine rings is 1. The molecule has 2 aliphatic rings. The Kier molecular flexibility index (Phi) is 6.72. The fraction of sp³-hybridized carbons (Fsp3) is 0.400. The molecule has 10 nitrogen and oxygen atoms in total. The van der Waals surface area contributed by atoms with Gasteiger partial charge < -0.3 is 24.7 Å². The van der Waals surface area contributed by atoms with Crippen LogP contribution in [0.5, 0.6) is 0 Å². The van der Waals surface area contributed by atoms with Crippen LogP contribution < -0.4 is 15.5 Å². The van der Waals surface area contributed by atoms with Gasteiger partial charge in [0.05, 0.1) is 24.4 Å². The molecule has 2 N–H and O–H groups in total. The van der Waals surface area contributed by atoms with Crippen LogP contribution in [-0.2, 0) is 9.53 Å². The van der Waals surface area contributed by atoms with Gasteiger partial charge in [-0.3, -0.25) is 9.59 Å². The van der Waals surface area contributed by atoms with E-state index in [0.717, 1.165) is 56.7 Å². The van der Waals surface area contributed by atoms with Crippen LogP contribution in [0, 0.1) is 23.0 Å². The maximum Gasteiger partial charge on any atom is 0.320 e. The molecular weight excluding hydrogens is 486 g/mol. The van der Waals surface area contributed by atoms with Crippen molar-refractivity contribution in [3.63, 3.8) is 0 Å². The molecule has 2 fully saturated rings. The van der Waals surface area contributed by atoms with E-state index >= 15 is 0 Å². The quantitative estimate of drug-likeness (QED) is 0.446. The van der Waals surface area contributed by atoms with Crippen LogP contribution in [0.2, 0.25) is 0 Å². The first-order valence-corrected chi connectivity index (χ1v) is 12.1. The minimum atomic E-state index is -1.03. The molecular formula is C25H26F2N6O4. The van der Waals surface area contributed by atoms with Crippen LogP contribution in [0.15, 0.2) is 40.9 Å². The summed E-state index contributed by atoms with van der Waals surface area (Å²) in [4.78, 5) is 31.1. The highest BCUT2D eigenvalue weighted by molar-refractivity contribution is 6.00. The Balaban J connectivity index is 1.12. The molecule has 2 aromatic heterocycles. The number of benzene rings is 1. The Hall–Kier alpha value is -4.09. The number of carbonyl (C=O) groups excluding carboxylic acids is 2. The van der Waals surface area contributed by atoms with Gasteiger partial charge in [0.1, 0.15) is 5.82 Å². The topological polar surface area (TPSA) is 122 Å². The average molecular weight is 513 g/mol. The van der Waals surface area contributed by atoms with Crippen LogP contribution in [0.25, 0.3) is 0 Å². The van der Waals surface area contributed by atoms with E-state index in [1.54, 1.807) is 12.3 Å². The lowest BCUT2D eigenvalue weighted by molar-refractivity contribution is -0.157. The van der Waals surface area contributed by atoms with E-state index in [2.05, 4.69) is 30.7 Å². The van der Waals surface area contributed by atoms with Crippen molar-refractivity contribution in [2.75, 3.05) is 35.2 Å². The molecule has 0 unspecified atom stereocenters. The normalized spacial score (nSPS) is 16.8. The molecule has 1 amide bonds. The largest absolute Gasteiger partial charge is 0.466 e. The summed E-state index contributed by atoms with van der Waals surface area (Å²) in [6, 6.07) is 6.61. The molecule has 5 rings (SSSR count). The van der Waals surface area contributed by atoms with Gasteiger partial charge in [-0.1, -0.05) is 5.10 Å². The van der Waals surface area contributed by atoms with Crippen molar-refractivity contribution in [2.45, 2.75) is 32.6 Å². The minimum Gasteiger partial charge on any atom is -0.466 e.